The molecule has 0 rings (SSSR count). The third-order valence-electron chi connectivity index (χ3n) is 2.06. The first-order chi connectivity index (χ1) is 8.38. The van der Waals surface area contributed by atoms with E-state index in [4.69, 9.17) is 11.5 Å². The van der Waals surface area contributed by atoms with Crippen LogP contribution in [-0.2, 0) is 9.53 Å². The first kappa shape index (κ1) is 16.1. The molecule has 2 unspecified atom stereocenters. The van der Waals surface area contributed by atoms with Crippen LogP contribution in [0.3, 0.4) is 0 Å². The number of carbonyl (C=O) groups excluding carboxylic acids is 1. The Morgan fingerprint density at radius 2 is 2.28 bits per heavy atom. The maximum atomic E-state index is 10.9. The molecule has 0 saturated carbocycles. The Kier molecular flexibility index (Phi) is 7.31. The van der Waals surface area contributed by atoms with Crippen LogP contribution in [0, 0.1) is 10.1 Å². The van der Waals surface area contributed by atoms with E-state index in [9.17, 15) is 20.0 Å². The molecule has 0 aromatic heterocycles. The smallest absolute Gasteiger partial charge is 0.336 e. The number of hydrogen-bond acceptors (Lipinski definition) is 6. The zero-order chi connectivity index (χ0) is 14.1. The molecule has 18 heavy (non-hydrogen) atoms. The van der Waals surface area contributed by atoms with Gasteiger partial charge in [-0.25, -0.2) is 14.9 Å². The first-order valence-corrected chi connectivity index (χ1v) is 5.12. The Bertz CT molecular complexity index is 321. The molecule has 0 radical (unpaired) electrons. The highest BCUT2D eigenvalue weighted by atomic mass is 16.7. The number of hydrazone groups is 1. The topological polar surface area (TPSA) is 166 Å². The minimum Gasteiger partial charge on any atom is -0.467 e. The summed E-state index contributed by atoms with van der Waals surface area (Å²) in [6.07, 6.45) is -0.627. The fraction of sp³-hybridized carbons (Fsp3) is 0.750. The Morgan fingerprint density at radius 1 is 1.67 bits per heavy atom. The van der Waals surface area contributed by atoms with Crippen molar-refractivity contribution >= 4 is 11.9 Å². The molecule has 0 amide bonds. The zero-order valence-corrected chi connectivity index (χ0v) is 9.91. The van der Waals surface area contributed by atoms with E-state index in [0.29, 0.717) is 12.8 Å². The van der Waals surface area contributed by atoms with Crippen molar-refractivity contribution in [2.75, 3.05) is 13.7 Å². The van der Waals surface area contributed by atoms with Gasteiger partial charge in [0.05, 0.1) is 7.11 Å². The fourth-order valence-electron chi connectivity index (χ4n) is 1.13. The van der Waals surface area contributed by atoms with E-state index >= 15 is 0 Å². The highest BCUT2D eigenvalue weighted by Gasteiger charge is 2.22. The van der Waals surface area contributed by atoms with Crippen LogP contribution in [0.25, 0.3) is 0 Å². The predicted molar refractivity (Wildman–Crippen MR) is 61.9 cm³/mol. The van der Waals surface area contributed by atoms with Gasteiger partial charge in [0.25, 0.3) is 5.96 Å². The van der Waals surface area contributed by atoms with Gasteiger partial charge in [0.2, 0.25) is 0 Å². The number of ether oxygens (including phenoxy) is 1. The normalized spacial score (nSPS) is 14.7. The van der Waals surface area contributed by atoms with Gasteiger partial charge in [0.15, 0.2) is 11.1 Å². The van der Waals surface area contributed by atoms with Crippen molar-refractivity contribution in [3.63, 3.8) is 0 Å². The molecule has 0 heterocycles. The molecule has 0 aromatic carbocycles. The molecule has 2 atom stereocenters. The summed E-state index contributed by atoms with van der Waals surface area (Å²) >= 11 is 0. The molecule has 0 fully saturated rings. The van der Waals surface area contributed by atoms with Crippen LogP contribution in [0.4, 0.5) is 0 Å². The number of aliphatic hydroxyl groups excluding tert-OH is 1. The summed E-state index contributed by atoms with van der Waals surface area (Å²) in [6, 6.07) is -0.770. The van der Waals surface area contributed by atoms with E-state index in [0.717, 1.165) is 7.11 Å². The molecular weight excluding hydrogens is 246 g/mol. The van der Waals surface area contributed by atoms with Gasteiger partial charge in [-0.15, -0.1) is 0 Å². The minimum absolute atomic E-state index is 0.283. The molecule has 104 valence electrons. The number of nitrogens with one attached hydrogen (secondary N) is 1. The average molecular weight is 263 g/mol. The Labute approximate surface area is 103 Å². The van der Waals surface area contributed by atoms with Gasteiger partial charge in [-0.2, -0.15) is 0 Å². The van der Waals surface area contributed by atoms with Gasteiger partial charge in [-0.3, -0.25) is 0 Å². The van der Waals surface area contributed by atoms with Crippen LogP contribution < -0.4 is 16.8 Å². The predicted octanol–water partition coefficient (Wildman–Crippen LogP) is -2.28. The van der Waals surface area contributed by atoms with Crippen molar-refractivity contribution in [3.05, 3.63) is 10.1 Å². The summed E-state index contributed by atoms with van der Waals surface area (Å²) in [5.41, 5.74) is 10.7. The van der Waals surface area contributed by atoms with Crippen LogP contribution >= 0.6 is 0 Å². The van der Waals surface area contributed by atoms with Crippen molar-refractivity contribution in [1.29, 1.82) is 0 Å². The number of aliphatic hydroxyl groups is 1. The second kappa shape index (κ2) is 8.20. The summed E-state index contributed by atoms with van der Waals surface area (Å²) in [7, 11) is 1.15. The van der Waals surface area contributed by atoms with E-state index < -0.39 is 23.1 Å². The minimum atomic E-state index is -1.39. The SMILES string of the molecule is COC(=O)C(O)C(N)CCCNC(N)=N[N+](=O)[O-]. The van der Waals surface area contributed by atoms with Crippen LogP contribution in [0.5, 0.6) is 0 Å². The number of nitrogens with two attached hydrogens (primary N) is 2. The second-order valence-corrected chi connectivity index (χ2v) is 3.42. The van der Waals surface area contributed by atoms with Gasteiger partial charge in [0.1, 0.15) is 5.10 Å². The van der Waals surface area contributed by atoms with E-state index in [1.807, 2.05) is 0 Å². The van der Waals surface area contributed by atoms with Gasteiger partial charge in [-0.05, 0) is 12.8 Å². The lowest BCUT2D eigenvalue weighted by atomic mass is 10.1. The van der Waals surface area contributed by atoms with Crippen LogP contribution in [-0.4, -0.2) is 47.9 Å². The number of guanidine groups is 1. The van der Waals surface area contributed by atoms with Crippen LogP contribution in [0.2, 0.25) is 0 Å². The molecule has 0 aliphatic carbocycles. The molecule has 0 spiro atoms. The largest absolute Gasteiger partial charge is 0.467 e. The van der Waals surface area contributed by atoms with Crippen molar-refractivity contribution < 1.29 is 19.7 Å². The fourth-order valence-corrected chi connectivity index (χ4v) is 1.13. The van der Waals surface area contributed by atoms with Crippen molar-refractivity contribution in [1.82, 2.24) is 5.32 Å². The zero-order valence-electron chi connectivity index (χ0n) is 9.91. The standard InChI is InChI=1S/C8H17N5O5/c1-18-7(15)6(14)5(9)3-2-4-11-8(10)12-13(16)17/h5-6,14H,2-4,9H2,1H3,(H3,10,11,12). The quantitative estimate of drug-likeness (QED) is 0.0995. The van der Waals surface area contributed by atoms with Crippen LogP contribution in [0.1, 0.15) is 12.8 Å². The van der Waals surface area contributed by atoms with E-state index in [1.54, 1.807) is 0 Å². The Hall–Kier alpha value is -1.94. The lowest BCUT2D eigenvalue weighted by molar-refractivity contribution is -0.485. The number of nitrogens with zero attached hydrogens (tertiary/aromatic N) is 2. The van der Waals surface area contributed by atoms with Crippen molar-refractivity contribution in [2.45, 2.75) is 25.0 Å². The molecule has 0 saturated heterocycles. The third kappa shape index (κ3) is 6.60. The highest BCUT2D eigenvalue weighted by molar-refractivity contribution is 5.77. The highest BCUT2D eigenvalue weighted by Crippen LogP contribution is 2.01. The third-order valence-corrected chi connectivity index (χ3v) is 2.06. The lowest BCUT2D eigenvalue weighted by Gasteiger charge is -2.16. The van der Waals surface area contributed by atoms with Gasteiger partial charge in [-0.1, -0.05) is 0 Å². The number of rotatable bonds is 7. The van der Waals surface area contributed by atoms with Gasteiger partial charge in [0, 0.05) is 12.6 Å². The first-order valence-electron chi connectivity index (χ1n) is 5.12. The average Bonchev–Trinajstić information content (AvgIpc) is 2.31. The lowest BCUT2D eigenvalue weighted by Crippen LogP contribution is -2.42. The molecular formula is C8H17N5O5. The summed E-state index contributed by atoms with van der Waals surface area (Å²) in [6.45, 7) is 0.283. The molecule has 0 aliphatic rings. The number of nitro groups is 1. The summed E-state index contributed by atoms with van der Waals surface area (Å²) < 4.78 is 4.32. The van der Waals surface area contributed by atoms with Crippen LogP contribution in [0.15, 0.2) is 5.10 Å². The summed E-state index contributed by atoms with van der Waals surface area (Å²) in [4.78, 5) is 20.9. The summed E-state index contributed by atoms with van der Waals surface area (Å²) in [5, 5.41) is 23.7. The number of hydrogen-bond donors (Lipinski definition) is 4. The maximum Gasteiger partial charge on any atom is 0.336 e. The number of carbonyl (C=O) groups is 1. The molecule has 0 aromatic rings. The summed E-state index contributed by atoms with van der Waals surface area (Å²) in [5.74, 6) is -1.12. The second-order valence-electron chi connectivity index (χ2n) is 3.42. The van der Waals surface area contributed by atoms with E-state index in [-0.39, 0.29) is 12.5 Å². The van der Waals surface area contributed by atoms with Gasteiger partial charge >= 0.3 is 5.97 Å². The van der Waals surface area contributed by atoms with Crippen molar-refractivity contribution in [3.8, 4) is 0 Å². The number of methoxy groups -OCH3 is 1. The molecule has 6 N–H and O–H groups in total. The number of esters is 1. The molecule has 0 aliphatic heterocycles. The monoisotopic (exact) mass is 263 g/mol. The maximum absolute atomic E-state index is 10.9. The Morgan fingerprint density at radius 3 is 2.78 bits per heavy atom. The molecule has 0 bridgehead atoms. The van der Waals surface area contributed by atoms with Gasteiger partial charge < -0.3 is 26.6 Å². The molecule has 10 nitrogen and oxygen atoms in total. The van der Waals surface area contributed by atoms with E-state index in [2.05, 4.69) is 15.2 Å². The molecule has 10 heteroatoms. The van der Waals surface area contributed by atoms with Crippen molar-refractivity contribution in [2.24, 2.45) is 16.6 Å². The Balaban J connectivity index is 3.85. The van der Waals surface area contributed by atoms with E-state index in [1.165, 1.54) is 0 Å².